The lowest BCUT2D eigenvalue weighted by Gasteiger charge is -2.37. The van der Waals surface area contributed by atoms with Crippen molar-refractivity contribution in [3.8, 4) is 0 Å². The first kappa shape index (κ1) is 17.4. The van der Waals surface area contributed by atoms with Crippen LogP contribution in [0.1, 0.15) is 22.3 Å². The summed E-state index contributed by atoms with van der Waals surface area (Å²) in [5.74, 6) is 0. The third kappa shape index (κ3) is 2.68. The molecule has 0 aliphatic rings. The Balaban J connectivity index is 1.97. The van der Waals surface area contributed by atoms with E-state index in [9.17, 15) is 0 Å². The number of hydrogen-bond donors (Lipinski definition) is 0. The van der Waals surface area contributed by atoms with Gasteiger partial charge in [-0.2, -0.15) is 5.10 Å². The summed E-state index contributed by atoms with van der Waals surface area (Å²) >= 11 is 0. The second-order valence-corrected chi connectivity index (χ2v) is 7.37. The Hall–Kier alpha value is -3.65. The highest BCUT2D eigenvalue weighted by atomic mass is 15.3. The second kappa shape index (κ2) is 7.06. The molecule has 5 rings (SSSR count). The van der Waals surface area contributed by atoms with Gasteiger partial charge >= 0.3 is 0 Å². The lowest BCUT2D eigenvalue weighted by Crippen LogP contribution is -2.38. The molecule has 0 radical (unpaired) electrons. The monoisotopic (exact) mass is 374 g/mol. The van der Waals surface area contributed by atoms with Crippen LogP contribution in [0.2, 0.25) is 0 Å². The van der Waals surface area contributed by atoms with Gasteiger partial charge in [0.05, 0.1) is 11.7 Å². The van der Waals surface area contributed by atoms with E-state index in [0.29, 0.717) is 0 Å². The van der Waals surface area contributed by atoms with E-state index >= 15 is 0 Å². The van der Waals surface area contributed by atoms with Gasteiger partial charge < -0.3 is 0 Å². The van der Waals surface area contributed by atoms with Crippen LogP contribution >= 0.6 is 0 Å². The molecule has 0 N–H and O–H groups in total. The van der Waals surface area contributed by atoms with E-state index in [2.05, 4.69) is 121 Å². The fourth-order valence-corrected chi connectivity index (χ4v) is 4.37. The van der Waals surface area contributed by atoms with E-state index in [4.69, 9.17) is 5.10 Å². The van der Waals surface area contributed by atoms with Crippen molar-refractivity contribution in [2.24, 2.45) is 0 Å². The summed E-state index contributed by atoms with van der Waals surface area (Å²) in [7, 11) is 0. The van der Waals surface area contributed by atoms with Crippen LogP contribution in [0, 0.1) is 6.92 Å². The average Bonchev–Trinajstić information content (AvgIpc) is 3.23. The zero-order valence-corrected chi connectivity index (χ0v) is 16.4. The maximum Gasteiger partial charge on any atom is 0.138 e. The minimum absolute atomic E-state index is 0.570. The van der Waals surface area contributed by atoms with Gasteiger partial charge in [0.1, 0.15) is 5.54 Å². The number of aryl methyl sites for hydroxylation is 1. The summed E-state index contributed by atoms with van der Waals surface area (Å²) in [5.41, 5.74) is 5.34. The molecule has 0 bridgehead atoms. The maximum atomic E-state index is 4.97. The molecule has 2 nitrogen and oxygen atoms in total. The van der Waals surface area contributed by atoms with Crippen LogP contribution in [0.4, 0.5) is 0 Å². The number of fused-ring (bicyclic) bond motifs is 1. The summed E-state index contributed by atoms with van der Waals surface area (Å²) < 4.78 is 2.19. The molecule has 0 atom stereocenters. The van der Waals surface area contributed by atoms with E-state index in [0.717, 1.165) is 5.52 Å². The van der Waals surface area contributed by atoms with Gasteiger partial charge in [-0.1, -0.05) is 103 Å². The Bertz CT molecular complexity index is 1140. The predicted molar refractivity (Wildman–Crippen MR) is 119 cm³/mol. The van der Waals surface area contributed by atoms with Gasteiger partial charge in [0.25, 0.3) is 0 Å². The van der Waals surface area contributed by atoms with E-state index in [-0.39, 0.29) is 0 Å². The Morgan fingerprint density at radius 3 is 1.55 bits per heavy atom. The van der Waals surface area contributed by atoms with Gasteiger partial charge in [0, 0.05) is 5.39 Å². The Kier molecular flexibility index (Phi) is 4.25. The summed E-state index contributed by atoms with van der Waals surface area (Å²) in [4.78, 5) is 0. The normalized spacial score (nSPS) is 11.6. The minimum atomic E-state index is -0.570. The molecule has 29 heavy (non-hydrogen) atoms. The van der Waals surface area contributed by atoms with Crippen LogP contribution < -0.4 is 0 Å². The molecule has 1 heterocycles. The average molecular weight is 374 g/mol. The van der Waals surface area contributed by atoms with Crippen molar-refractivity contribution in [2.45, 2.75) is 12.5 Å². The van der Waals surface area contributed by atoms with Crippen molar-refractivity contribution in [3.63, 3.8) is 0 Å². The fourth-order valence-electron chi connectivity index (χ4n) is 4.37. The molecule has 0 aliphatic carbocycles. The zero-order valence-electron chi connectivity index (χ0n) is 16.4. The highest BCUT2D eigenvalue weighted by molar-refractivity contribution is 5.83. The van der Waals surface area contributed by atoms with Gasteiger partial charge in [-0.3, -0.25) is 0 Å². The third-order valence-corrected chi connectivity index (χ3v) is 5.72. The molecule has 0 saturated heterocycles. The van der Waals surface area contributed by atoms with Crippen LogP contribution in [0.15, 0.2) is 115 Å². The first-order chi connectivity index (χ1) is 14.3. The molecule has 0 fully saturated rings. The number of benzene rings is 4. The van der Waals surface area contributed by atoms with Crippen LogP contribution in [0.5, 0.6) is 0 Å². The van der Waals surface area contributed by atoms with E-state index < -0.39 is 5.54 Å². The summed E-state index contributed by atoms with van der Waals surface area (Å²) in [6.45, 7) is 2.14. The highest BCUT2D eigenvalue weighted by Crippen LogP contribution is 2.42. The van der Waals surface area contributed by atoms with Crippen molar-refractivity contribution >= 4 is 10.9 Å². The van der Waals surface area contributed by atoms with Crippen LogP contribution in [0.25, 0.3) is 10.9 Å². The molecule has 5 aromatic rings. The van der Waals surface area contributed by atoms with Gasteiger partial charge in [0.15, 0.2) is 0 Å². The van der Waals surface area contributed by atoms with Crippen LogP contribution in [0.3, 0.4) is 0 Å². The van der Waals surface area contributed by atoms with Gasteiger partial charge in [-0.25, -0.2) is 4.68 Å². The van der Waals surface area contributed by atoms with E-state index in [1.165, 1.54) is 27.6 Å². The number of aromatic nitrogens is 2. The summed E-state index contributed by atoms with van der Waals surface area (Å²) in [6, 6.07) is 38.4. The second-order valence-electron chi connectivity index (χ2n) is 7.37. The van der Waals surface area contributed by atoms with Crippen molar-refractivity contribution < 1.29 is 0 Å². The predicted octanol–water partition coefficient (Wildman–Crippen LogP) is 6.18. The molecular formula is C27H22N2. The molecule has 1 aromatic heterocycles. The lowest BCUT2D eigenvalue weighted by atomic mass is 9.77. The zero-order chi connectivity index (χ0) is 19.7. The van der Waals surface area contributed by atoms with Crippen molar-refractivity contribution in [3.05, 3.63) is 138 Å². The number of rotatable bonds is 4. The molecule has 0 unspecified atom stereocenters. The molecular weight excluding hydrogens is 352 g/mol. The van der Waals surface area contributed by atoms with Crippen molar-refractivity contribution in [1.29, 1.82) is 0 Å². The largest absolute Gasteiger partial charge is 0.245 e. The van der Waals surface area contributed by atoms with Gasteiger partial charge in [0.2, 0.25) is 0 Å². The number of nitrogens with zero attached hydrogens (tertiary/aromatic N) is 2. The third-order valence-electron chi connectivity index (χ3n) is 5.72. The molecule has 0 aliphatic heterocycles. The molecule has 0 spiro atoms. The SMILES string of the molecule is Cc1cccc2c1cnn2C(c1ccccc1)(c1ccccc1)c1ccccc1. The van der Waals surface area contributed by atoms with E-state index in [1.54, 1.807) is 0 Å². The first-order valence-electron chi connectivity index (χ1n) is 9.92. The molecule has 140 valence electrons. The Morgan fingerprint density at radius 1 is 0.586 bits per heavy atom. The lowest BCUT2D eigenvalue weighted by molar-refractivity contribution is 0.476. The minimum Gasteiger partial charge on any atom is -0.245 e. The van der Waals surface area contributed by atoms with Gasteiger partial charge in [-0.15, -0.1) is 0 Å². The summed E-state index contributed by atoms with van der Waals surface area (Å²) in [6.07, 6.45) is 1.99. The highest BCUT2D eigenvalue weighted by Gasteiger charge is 2.40. The summed E-state index contributed by atoms with van der Waals surface area (Å²) in [5, 5.41) is 6.15. The fraction of sp³-hybridized carbons (Fsp3) is 0.0741. The first-order valence-corrected chi connectivity index (χ1v) is 9.92. The van der Waals surface area contributed by atoms with E-state index in [1.807, 2.05) is 6.20 Å². The molecule has 4 aromatic carbocycles. The maximum absolute atomic E-state index is 4.97. The van der Waals surface area contributed by atoms with Crippen LogP contribution in [-0.4, -0.2) is 9.78 Å². The molecule has 0 saturated carbocycles. The molecule has 0 amide bonds. The topological polar surface area (TPSA) is 17.8 Å². The van der Waals surface area contributed by atoms with Gasteiger partial charge in [-0.05, 0) is 35.2 Å². The Labute approximate surface area is 171 Å². The van der Waals surface area contributed by atoms with Crippen molar-refractivity contribution in [1.82, 2.24) is 9.78 Å². The quantitative estimate of drug-likeness (QED) is 0.343. The van der Waals surface area contributed by atoms with Crippen LogP contribution in [-0.2, 0) is 5.54 Å². The van der Waals surface area contributed by atoms with Crippen molar-refractivity contribution in [2.75, 3.05) is 0 Å². The smallest absolute Gasteiger partial charge is 0.138 e. The standard InChI is InChI=1S/C27H22N2/c1-21-12-11-19-26-25(21)20-28-29(26)27(22-13-5-2-6-14-22,23-15-7-3-8-16-23)24-17-9-4-10-18-24/h2-20H,1H3. The Morgan fingerprint density at radius 2 is 1.07 bits per heavy atom. The number of hydrogen-bond acceptors (Lipinski definition) is 1. The molecule has 2 heteroatoms.